The summed E-state index contributed by atoms with van der Waals surface area (Å²) in [5.74, 6) is 0.432. The highest BCUT2D eigenvalue weighted by atomic mass is 16.4. The first-order valence-corrected chi connectivity index (χ1v) is 7.11. The molecule has 22 heavy (non-hydrogen) atoms. The van der Waals surface area contributed by atoms with Crippen LogP contribution in [0.25, 0.3) is 0 Å². The Morgan fingerprint density at radius 2 is 2.00 bits per heavy atom. The van der Waals surface area contributed by atoms with E-state index in [0.29, 0.717) is 22.9 Å². The summed E-state index contributed by atoms with van der Waals surface area (Å²) in [5.41, 5.74) is 1.04. The lowest BCUT2D eigenvalue weighted by atomic mass is 10.1. The maximum atomic E-state index is 12.3. The number of carboxylic acids is 1. The highest BCUT2D eigenvalue weighted by Gasteiger charge is 2.16. The number of aromatic carboxylic acids is 1. The molecule has 0 saturated heterocycles. The Labute approximate surface area is 129 Å². The molecule has 0 spiro atoms. The zero-order chi connectivity index (χ0) is 16.3. The first-order chi connectivity index (χ1) is 10.4. The number of furan rings is 1. The van der Waals surface area contributed by atoms with Gasteiger partial charge >= 0.3 is 5.97 Å². The second-order valence-corrected chi connectivity index (χ2v) is 5.62. The van der Waals surface area contributed by atoms with Gasteiger partial charge < -0.3 is 14.8 Å². The van der Waals surface area contributed by atoms with Gasteiger partial charge in [0.05, 0.1) is 11.1 Å². The van der Waals surface area contributed by atoms with Gasteiger partial charge in [-0.05, 0) is 37.1 Å². The topological polar surface area (TPSA) is 79.5 Å². The minimum Gasteiger partial charge on any atom is -0.478 e. The summed E-state index contributed by atoms with van der Waals surface area (Å²) in [6, 6.07) is 7.87. The molecule has 0 radical (unpaired) electrons. The number of carboxylic acid groups (broad SMARTS) is 1. The molecule has 1 aromatic heterocycles. The van der Waals surface area contributed by atoms with Crippen LogP contribution in [0.1, 0.15) is 46.1 Å². The molecule has 1 aromatic carbocycles. The fourth-order valence-electron chi connectivity index (χ4n) is 2.20. The number of carbonyl (C=O) groups excluding carboxylic acids is 1. The average Bonchev–Trinajstić information content (AvgIpc) is 2.79. The molecule has 116 valence electrons. The molecule has 0 aliphatic rings. The number of rotatable bonds is 5. The van der Waals surface area contributed by atoms with Gasteiger partial charge in [-0.25, -0.2) is 4.79 Å². The van der Waals surface area contributed by atoms with Crippen molar-refractivity contribution in [2.45, 2.75) is 27.2 Å². The third-order valence-corrected chi connectivity index (χ3v) is 3.19. The molecule has 0 atom stereocenters. The van der Waals surface area contributed by atoms with Crippen molar-refractivity contribution in [2.75, 3.05) is 5.32 Å². The molecule has 5 nitrogen and oxygen atoms in total. The van der Waals surface area contributed by atoms with Crippen LogP contribution in [0.15, 0.2) is 34.7 Å². The van der Waals surface area contributed by atoms with E-state index in [2.05, 4.69) is 19.2 Å². The monoisotopic (exact) mass is 301 g/mol. The van der Waals surface area contributed by atoms with Crippen LogP contribution in [0.2, 0.25) is 0 Å². The smallest absolute Gasteiger partial charge is 0.335 e. The summed E-state index contributed by atoms with van der Waals surface area (Å²) in [6.07, 6.45) is 0.766. The number of hydrogen-bond acceptors (Lipinski definition) is 3. The number of benzene rings is 1. The molecule has 0 saturated carbocycles. The lowest BCUT2D eigenvalue weighted by Crippen LogP contribution is -2.12. The van der Waals surface area contributed by atoms with Gasteiger partial charge in [0.1, 0.15) is 11.5 Å². The van der Waals surface area contributed by atoms with Crippen molar-refractivity contribution in [3.05, 3.63) is 53.0 Å². The minimum absolute atomic E-state index is 0.127. The van der Waals surface area contributed by atoms with Crippen molar-refractivity contribution < 1.29 is 19.1 Å². The number of aryl methyl sites for hydroxylation is 1. The van der Waals surface area contributed by atoms with E-state index in [1.807, 2.05) is 0 Å². The lowest BCUT2D eigenvalue weighted by molar-refractivity contribution is 0.0696. The molecule has 0 aliphatic carbocycles. The largest absolute Gasteiger partial charge is 0.478 e. The van der Waals surface area contributed by atoms with E-state index >= 15 is 0 Å². The Morgan fingerprint density at radius 1 is 1.27 bits per heavy atom. The number of carbonyl (C=O) groups is 2. The summed E-state index contributed by atoms with van der Waals surface area (Å²) in [5, 5.41) is 11.7. The van der Waals surface area contributed by atoms with E-state index in [-0.39, 0.29) is 11.5 Å². The van der Waals surface area contributed by atoms with Gasteiger partial charge in [0.25, 0.3) is 5.91 Å². The molecular weight excluding hydrogens is 282 g/mol. The number of hydrogen-bond donors (Lipinski definition) is 2. The Kier molecular flexibility index (Phi) is 4.65. The first-order valence-electron chi connectivity index (χ1n) is 7.11. The summed E-state index contributed by atoms with van der Waals surface area (Å²) < 4.78 is 5.59. The molecule has 0 bridgehead atoms. The summed E-state index contributed by atoms with van der Waals surface area (Å²) in [4.78, 5) is 23.2. The van der Waals surface area contributed by atoms with Gasteiger partial charge in [-0.15, -0.1) is 0 Å². The van der Waals surface area contributed by atoms with E-state index in [4.69, 9.17) is 9.52 Å². The predicted octanol–water partition coefficient (Wildman–Crippen LogP) is 3.74. The van der Waals surface area contributed by atoms with E-state index in [1.165, 1.54) is 12.1 Å². The molecule has 0 aliphatic heterocycles. The van der Waals surface area contributed by atoms with E-state index < -0.39 is 5.97 Å². The third kappa shape index (κ3) is 3.75. The Balaban J connectivity index is 2.17. The Bertz CT molecular complexity index is 700. The standard InChI is InChI=1S/C17H19NO4/c1-10(2)7-14-9-15(11(3)22-14)16(19)18-13-6-4-5-12(8-13)17(20)21/h4-6,8-10H,7H2,1-3H3,(H,18,19)(H,20,21). The molecule has 1 heterocycles. The summed E-state index contributed by atoms with van der Waals surface area (Å²) in [6.45, 7) is 5.90. The molecular formula is C17H19NO4. The van der Waals surface area contributed by atoms with Crippen LogP contribution in [-0.2, 0) is 6.42 Å². The van der Waals surface area contributed by atoms with Crippen LogP contribution in [0.4, 0.5) is 5.69 Å². The van der Waals surface area contributed by atoms with Gasteiger partial charge in [-0.1, -0.05) is 19.9 Å². The number of nitrogens with one attached hydrogen (secondary N) is 1. The molecule has 0 unspecified atom stereocenters. The van der Waals surface area contributed by atoms with Gasteiger partial charge in [0.2, 0.25) is 0 Å². The van der Waals surface area contributed by atoms with Crippen LogP contribution in [0, 0.1) is 12.8 Å². The molecule has 2 aromatic rings. The maximum Gasteiger partial charge on any atom is 0.335 e. The molecule has 0 fully saturated rings. The van der Waals surface area contributed by atoms with Crippen molar-refractivity contribution in [2.24, 2.45) is 5.92 Å². The quantitative estimate of drug-likeness (QED) is 0.881. The predicted molar refractivity (Wildman–Crippen MR) is 83.3 cm³/mol. The first kappa shape index (κ1) is 15.8. The lowest BCUT2D eigenvalue weighted by Gasteiger charge is -2.05. The molecule has 2 rings (SSSR count). The van der Waals surface area contributed by atoms with Crippen LogP contribution in [-0.4, -0.2) is 17.0 Å². The third-order valence-electron chi connectivity index (χ3n) is 3.19. The van der Waals surface area contributed by atoms with Crippen LogP contribution >= 0.6 is 0 Å². The van der Waals surface area contributed by atoms with Crippen molar-refractivity contribution in [1.82, 2.24) is 0 Å². The Hall–Kier alpha value is -2.56. The average molecular weight is 301 g/mol. The Morgan fingerprint density at radius 3 is 2.64 bits per heavy atom. The molecule has 5 heteroatoms. The molecule has 2 N–H and O–H groups in total. The molecule has 1 amide bonds. The van der Waals surface area contributed by atoms with E-state index in [1.54, 1.807) is 25.1 Å². The highest BCUT2D eigenvalue weighted by molar-refractivity contribution is 6.05. The minimum atomic E-state index is -1.03. The van der Waals surface area contributed by atoms with Crippen LogP contribution < -0.4 is 5.32 Å². The van der Waals surface area contributed by atoms with Crippen molar-refractivity contribution in [1.29, 1.82) is 0 Å². The van der Waals surface area contributed by atoms with E-state index in [9.17, 15) is 9.59 Å². The van der Waals surface area contributed by atoms with Gasteiger partial charge in [-0.3, -0.25) is 4.79 Å². The van der Waals surface area contributed by atoms with Crippen molar-refractivity contribution in [3.8, 4) is 0 Å². The van der Waals surface area contributed by atoms with Gasteiger partial charge in [-0.2, -0.15) is 0 Å². The van der Waals surface area contributed by atoms with Gasteiger partial charge in [0, 0.05) is 12.1 Å². The fourth-order valence-corrected chi connectivity index (χ4v) is 2.20. The second kappa shape index (κ2) is 6.47. The normalized spacial score (nSPS) is 10.7. The van der Waals surface area contributed by atoms with Crippen molar-refractivity contribution in [3.63, 3.8) is 0 Å². The second-order valence-electron chi connectivity index (χ2n) is 5.62. The summed E-state index contributed by atoms with van der Waals surface area (Å²) in [7, 11) is 0. The highest BCUT2D eigenvalue weighted by Crippen LogP contribution is 2.19. The zero-order valence-electron chi connectivity index (χ0n) is 12.8. The van der Waals surface area contributed by atoms with Crippen LogP contribution in [0.3, 0.4) is 0 Å². The zero-order valence-corrected chi connectivity index (χ0v) is 12.8. The van der Waals surface area contributed by atoms with Gasteiger partial charge in [0.15, 0.2) is 0 Å². The van der Waals surface area contributed by atoms with Crippen LogP contribution in [0.5, 0.6) is 0 Å². The fraction of sp³-hybridized carbons (Fsp3) is 0.294. The summed E-state index contributed by atoms with van der Waals surface area (Å²) >= 11 is 0. The maximum absolute atomic E-state index is 12.3. The number of anilines is 1. The van der Waals surface area contributed by atoms with E-state index in [0.717, 1.165) is 12.2 Å². The SMILES string of the molecule is Cc1oc(CC(C)C)cc1C(=O)Nc1cccc(C(=O)O)c1. The number of amides is 1. The van der Waals surface area contributed by atoms with Crippen molar-refractivity contribution >= 4 is 17.6 Å².